The Morgan fingerprint density at radius 1 is 0.895 bits per heavy atom. The molecule has 0 atom stereocenters. The van der Waals surface area contributed by atoms with Crippen molar-refractivity contribution in [2.75, 3.05) is 0 Å². The van der Waals surface area contributed by atoms with Gasteiger partial charge in [0.1, 0.15) is 0 Å². The molecule has 3 aromatic rings. The van der Waals surface area contributed by atoms with Gasteiger partial charge in [0.2, 0.25) is 0 Å². The van der Waals surface area contributed by atoms with Gasteiger partial charge in [-0.2, -0.15) is 0 Å². The van der Waals surface area contributed by atoms with Crippen LogP contribution in [0, 0.1) is 0 Å². The van der Waals surface area contributed by atoms with Crippen LogP contribution in [0.25, 0.3) is 23.2 Å². The summed E-state index contributed by atoms with van der Waals surface area (Å²) in [5.41, 5.74) is 3.71. The van der Waals surface area contributed by atoms with E-state index >= 15 is 0 Å². The van der Waals surface area contributed by atoms with Crippen LogP contribution in [0.15, 0.2) is 54.6 Å². The fraction of sp³-hybridized carbons (Fsp3) is 0.118. The SMILES string of the molecule is Cn1c(/C=C/c2ccccc2)[n+](C)c2ccccc21. The first kappa shape index (κ1) is 11.7. The maximum atomic E-state index is 2.22. The van der Waals surface area contributed by atoms with Crippen molar-refractivity contribution in [1.29, 1.82) is 0 Å². The van der Waals surface area contributed by atoms with Crippen molar-refractivity contribution in [3.05, 3.63) is 66.0 Å². The normalized spacial score (nSPS) is 11.5. The minimum atomic E-state index is 1.19. The molecular weight excluding hydrogens is 232 g/mol. The smallest absolute Gasteiger partial charge is 0.226 e. The van der Waals surface area contributed by atoms with E-state index in [0.717, 1.165) is 0 Å². The summed E-state index contributed by atoms with van der Waals surface area (Å²) in [5, 5.41) is 0. The highest BCUT2D eigenvalue weighted by molar-refractivity contribution is 5.75. The Kier molecular flexibility index (Phi) is 2.92. The van der Waals surface area contributed by atoms with E-state index in [1.54, 1.807) is 0 Å². The number of aromatic nitrogens is 2. The Morgan fingerprint density at radius 2 is 1.58 bits per heavy atom. The fourth-order valence-corrected chi connectivity index (χ4v) is 2.46. The van der Waals surface area contributed by atoms with Crippen molar-refractivity contribution in [3.63, 3.8) is 0 Å². The molecule has 0 fully saturated rings. The predicted molar refractivity (Wildman–Crippen MR) is 79.5 cm³/mol. The molecule has 1 aromatic heterocycles. The van der Waals surface area contributed by atoms with Crippen molar-refractivity contribution >= 4 is 23.2 Å². The molecule has 2 nitrogen and oxygen atoms in total. The van der Waals surface area contributed by atoms with Gasteiger partial charge in [-0.3, -0.25) is 0 Å². The number of nitrogens with zero attached hydrogens (tertiary/aromatic N) is 2. The zero-order valence-corrected chi connectivity index (χ0v) is 11.2. The van der Waals surface area contributed by atoms with Crippen LogP contribution in [0.1, 0.15) is 11.4 Å². The van der Waals surface area contributed by atoms with E-state index < -0.39 is 0 Å². The van der Waals surface area contributed by atoms with Crippen LogP contribution in [0.4, 0.5) is 0 Å². The average Bonchev–Trinajstić information content (AvgIpc) is 2.71. The van der Waals surface area contributed by atoms with Gasteiger partial charge in [-0.15, -0.1) is 0 Å². The lowest BCUT2D eigenvalue weighted by atomic mass is 10.2. The van der Waals surface area contributed by atoms with E-state index in [2.05, 4.69) is 83.9 Å². The zero-order chi connectivity index (χ0) is 13.2. The summed E-state index contributed by atoms with van der Waals surface area (Å²) >= 11 is 0. The van der Waals surface area contributed by atoms with Gasteiger partial charge in [-0.05, 0) is 23.8 Å². The highest BCUT2D eigenvalue weighted by Crippen LogP contribution is 2.14. The molecule has 0 radical (unpaired) electrons. The first-order chi connectivity index (χ1) is 9.27. The minimum absolute atomic E-state index is 1.19. The summed E-state index contributed by atoms with van der Waals surface area (Å²) in [5.74, 6) is 1.19. The summed E-state index contributed by atoms with van der Waals surface area (Å²) in [7, 11) is 4.21. The molecule has 0 N–H and O–H groups in total. The third kappa shape index (κ3) is 2.06. The number of rotatable bonds is 2. The van der Waals surface area contributed by atoms with Crippen LogP contribution >= 0.6 is 0 Å². The number of fused-ring (bicyclic) bond motifs is 1. The lowest BCUT2D eigenvalue weighted by Crippen LogP contribution is -2.30. The van der Waals surface area contributed by atoms with Gasteiger partial charge >= 0.3 is 0 Å². The largest absolute Gasteiger partial charge is 0.281 e. The number of para-hydroxylation sites is 2. The molecule has 1 heterocycles. The van der Waals surface area contributed by atoms with E-state index in [-0.39, 0.29) is 0 Å². The molecule has 19 heavy (non-hydrogen) atoms. The van der Waals surface area contributed by atoms with Crippen LogP contribution in [0.3, 0.4) is 0 Å². The lowest BCUT2D eigenvalue weighted by Gasteiger charge is -1.93. The molecule has 0 bridgehead atoms. The molecule has 2 heteroatoms. The first-order valence-electron chi connectivity index (χ1n) is 6.44. The van der Waals surface area contributed by atoms with Gasteiger partial charge in [-0.25, -0.2) is 9.13 Å². The van der Waals surface area contributed by atoms with E-state index in [0.29, 0.717) is 0 Å². The van der Waals surface area contributed by atoms with E-state index in [9.17, 15) is 0 Å². The average molecular weight is 249 g/mol. The molecule has 0 aliphatic carbocycles. The first-order valence-corrected chi connectivity index (χ1v) is 6.44. The summed E-state index contributed by atoms with van der Waals surface area (Å²) < 4.78 is 4.43. The Balaban J connectivity index is 2.09. The lowest BCUT2D eigenvalue weighted by molar-refractivity contribution is -0.647. The maximum Gasteiger partial charge on any atom is 0.281 e. The van der Waals surface area contributed by atoms with Crippen molar-refractivity contribution in [2.45, 2.75) is 0 Å². The summed E-state index contributed by atoms with van der Waals surface area (Å²) in [6, 6.07) is 18.8. The summed E-state index contributed by atoms with van der Waals surface area (Å²) in [4.78, 5) is 0. The third-order valence-electron chi connectivity index (χ3n) is 3.52. The van der Waals surface area contributed by atoms with E-state index in [1.807, 2.05) is 6.07 Å². The Morgan fingerprint density at radius 3 is 2.32 bits per heavy atom. The molecule has 0 saturated carbocycles. The standard InChI is InChI=1S/C17H17N2/c1-18-15-10-6-7-11-16(15)19(2)17(18)13-12-14-8-4-3-5-9-14/h3-13H,1-2H3/q+1/b13-12+. The van der Waals surface area contributed by atoms with Crippen LogP contribution in [0.2, 0.25) is 0 Å². The number of imidazole rings is 1. The van der Waals surface area contributed by atoms with Crippen molar-refractivity contribution in [3.8, 4) is 0 Å². The van der Waals surface area contributed by atoms with Gasteiger partial charge < -0.3 is 0 Å². The van der Waals surface area contributed by atoms with Gasteiger partial charge in [0.25, 0.3) is 5.82 Å². The predicted octanol–water partition coefficient (Wildman–Crippen LogP) is 3.17. The number of benzene rings is 2. The molecule has 0 spiro atoms. The summed E-state index contributed by atoms with van der Waals surface area (Å²) in [6.07, 6.45) is 4.31. The number of aryl methyl sites for hydroxylation is 2. The molecule has 94 valence electrons. The molecule has 2 aromatic carbocycles. The molecule has 0 aliphatic rings. The molecule has 0 saturated heterocycles. The number of hydrogen-bond acceptors (Lipinski definition) is 0. The van der Waals surface area contributed by atoms with E-state index in [4.69, 9.17) is 0 Å². The maximum absolute atomic E-state index is 2.22. The monoisotopic (exact) mass is 249 g/mol. The van der Waals surface area contributed by atoms with Crippen LogP contribution in [0.5, 0.6) is 0 Å². The highest BCUT2D eigenvalue weighted by atomic mass is 15.1. The minimum Gasteiger partial charge on any atom is -0.226 e. The summed E-state index contributed by atoms with van der Waals surface area (Å²) in [6.45, 7) is 0. The second-order valence-corrected chi connectivity index (χ2v) is 4.71. The van der Waals surface area contributed by atoms with Crippen molar-refractivity contribution in [1.82, 2.24) is 4.57 Å². The van der Waals surface area contributed by atoms with Crippen molar-refractivity contribution < 1.29 is 4.57 Å². The molecule has 3 rings (SSSR count). The van der Waals surface area contributed by atoms with Crippen LogP contribution in [-0.4, -0.2) is 4.57 Å². The Labute approximate surface area is 113 Å². The number of hydrogen-bond donors (Lipinski definition) is 0. The van der Waals surface area contributed by atoms with E-state index in [1.165, 1.54) is 22.4 Å². The quantitative estimate of drug-likeness (QED) is 0.617. The van der Waals surface area contributed by atoms with Crippen LogP contribution in [-0.2, 0) is 14.1 Å². The molecule has 0 unspecified atom stereocenters. The highest BCUT2D eigenvalue weighted by Gasteiger charge is 2.16. The van der Waals surface area contributed by atoms with Gasteiger partial charge in [0.15, 0.2) is 11.0 Å². The molecular formula is C17H17N2+. The van der Waals surface area contributed by atoms with Gasteiger partial charge in [0, 0.05) is 6.08 Å². The molecule has 0 amide bonds. The third-order valence-corrected chi connectivity index (χ3v) is 3.52. The second kappa shape index (κ2) is 4.73. The van der Waals surface area contributed by atoms with Gasteiger partial charge in [-0.1, -0.05) is 42.5 Å². The Bertz CT molecular complexity index is 698. The second-order valence-electron chi connectivity index (χ2n) is 4.71. The van der Waals surface area contributed by atoms with Crippen LogP contribution < -0.4 is 4.57 Å². The Hall–Kier alpha value is -2.35. The fourth-order valence-electron chi connectivity index (χ4n) is 2.46. The van der Waals surface area contributed by atoms with Crippen molar-refractivity contribution in [2.24, 2.45) is 14.1 Å². The zero-order valence-electron chi connectivity index (χ0n) is 11.2. The van der Waals surface area contributed by atoms with Gasteiger partial charge in [0.05, 0.1) is 14.1 Å². The molecule has 0 aliphatic heterocycles. The topological polar surface area (TPSA) is 8.81 Å².